The van der Waals surface area contributed by atoms with Gasteiger partial charge in [-0.1, -0.05) is 70.0 Å². The smallest absolute Gasteiger partial charge is 0.255 e. The van der Waals surface area contributed by atoms with E-state index in [1.807, 2.05) is 29.2 Å². The van der Waals surface area contributed by atoms with Gasteiger partial charge < -0.3 is 4.90 Å². The van der Waals surface area contributed by atoms with Crippen LogP contribution in [0.15, 0.2) is 59.1 Å². The number of carbonyl (C=O) groups excluding carboxylic acids is 1. The number of hydrogen-bond acceptors (Lipinski definition) is 2. The number of hydrogen-bond donors (Lipinski definition) is 0. The third-order valence-corrected chi connectivity index (χ3v) is 5.11. The Morgan fingerprint density at radius 3 is 2.52 bits per heavy atom. The third-order valence-electron chi connectivity index (χ3n) is 4.29. The summed E-state index contributed by atoms with van der Waals surface area (Å²) < 4.78 is 0.866. The lowest BCUT2D eigenvalue weighted by Gasteiger charge is -2.34. The number of carbonyl (C=O) groups is 1. The number of amides is 1. The molecule has 1 fully saturated rings. The van der Waals surface area contributed by atoms with E-state index >= 15 is 0 Å². The number of piperazine rings is 1. The van der Waals surface area contributed by atoms with Crippen molar-refractivity contribution in [2.45, 2.75) is 0 Å². The van der Waals surface area contributed by atoms with Crippen molar-refractivity contribution in [2.24, 2.45) is 0 Å². The molecule has 1 aliphatic rings. The summed E-state index contributed by atoms with van der Waals surface area (Å²) in [5, 5.41) is 0.501. The number of nitrogens with zero attached hydrogens (tertiary/aromatic N) is 2. The Hall–Kier alpha value is -1.62. The van der Waals surface area contributed by atoms with Crippen molar-refractivity contribution >= 4 is 39.5 Å². The molecule has 3 nitrogen and oxygen atoms in total. The van der Waals surface area contributed by atoms with Crippen molar-refractivity contribution in [1.82, 2.24) is 9.80 Å². The van der Waals surface area contributed by atoms with E-state index in [-0.39, 0.29) is 5.91 Å². The van der Waals surface area contributed by atoms with Crippen LogP contribution in [0.2, 0.25) is 5.02 Å². The van der Waals surface area contributed by atoms with Gasteiger partial charge in [-0.2, -0.15) is 0 Å². The molecule has 1 amide bonds. The van der Waals surface area contributed by atoms with Crippen LogP contribution in [0.3, 0.4) is 0 Å². The average Bonchev–Trinajstić information content (AvgIpc) is 2.65. The highest BCUT2D eigenvalue weighted by molar-refractivity contribution is 9.10. The molecule has 0 bridgehead atoms. The standard InChI is InChI=1S/C20H20BrClN2O/c21-17-8-9-19(22)18(15-17)20(25)24-13-11-23(12-14-24)10-4-7-16-5-2-1-3-6-16/h1-9,15H,10-14H2/b7-4+. The van der Waals surface area contributed by atoms with Crippen LogP contribution in [0.5, 0.6) is 0 Å². The normalized spacial score (nSPS) is 15.7. The zero-order valence-corrected chi connectivity index (χ0v) is 16.2. The van der Waals surface area contributed by atoms with E-state index in [1.54, 1.807) is 12.1 Å². The monoisotopic (exact) mass is 418 g/mol. The van der Waals surface area contributed by atoms with E-state index in [0.29, 0.717) is 10.6 Å². The van der Waals surface area contributed by atoms with Gasteiger partial charge in [-0.05, 0) is 23.8 Å². The van der Waals surface area contributed by atoms with E-state index in [9.17, 15) is 4.79 Å². The van der Waals surface area contributed by atoms with Gasteiger partial charge in [-0.25, -0.2) is 0 Å². The quantitative estimate of drug-likeness (QED) is 0.724. The topological polar surface area (TPSA) is 23.6 Å². The Morgan fingerprint density at radius 1 is 1.08 bits per heavy atom. The molecule has 130 valence electrons. The highest BCUT2D eigenvalue weighted by Crippen LogP contribution is 2.23. The fraction of sp³-hybridized carbons (Fsp3) is 0.250. The van der Waals surface area contributed by atoms with Crippen LogP contribution in [0, 0.1) is 0 Å². The molecule has 3 rings (SSSR count). The summed E-state index contributed by atoms with van der Waals surface area (Å²) in [5.74, 6) is 0.00535. The summed E-state index contributed by atoms with van der Waals surface area (Å²) in [7, 11) is 0. The van der Waals surface area contributed by atoms with Crippen LogP contribution in [0.4, 0.5) is 0 Å². The summed E-state index contributed by atoms with van der Waals surface area (Å²) in [6.07, 6.45) is 4.32. The molecule has 1 aliphatic heterocycles. The largest absolute Gasteiger partial charge is 0.336 e. The SMILES string of the molecule is O=C(c1cc(Br)ccc1Cl)N1CCN(C/C=C/c2ccccc2)CC1. The summed E-state index contributed by atoms with van der Waals surface area (Å²) in [6.45, 7) is 4.09. The molecule has 25 heavy (non-hydrogen) atoms. The summed E-state index contributed by atoms with van der Waals surface area (Å²) in [5.41, 5.74) is 1.77. The molecule has 0 atom stereocenters. The fourth-order valence-corrected chi connectivity index (χ4v) is 3.43. The van der Waals surface area contributed by atoms with Gasteiger partial charge in [0.1, 0.15) is 0 Å². The Bertz CT molecular complexity index is 756. The second-order valence-electron chi connectivity index (χ2n) is 6.03. The molecule has 0 saturated carbocycles. The van der Waals surface area contributed by atoms with Crippen LogP contribution < -0.4 is 0 Å². The number of benzene rings is 2. The molecule has 1 heterocycles. The lowest BCUT2D eigenvalue weighted by molar-refractivity contribution is 0.0650. The Morgan fingerprint density at radius 2 is 1.80 bits per heavy atom. The van der Waals surface area contributed by atoms with E-state index in [1.165, 1.54) is 5.56 Å². The maximum atomic E-state index is 12.7. The van der Waals surface area contributed by atoms with Gasteiger partial charge >= 0.3 is 0 Å². The fourth-order valence-electron chi connectivity index (χ4n) is 2.87. The Balaban J connectivity index is 1.52. The average molecular weight is 420 g/mol. The molecular formula is C20H20BrClN2O. The molecule has 0 spiro atoms. The molecule has 2 aromatic carbocycles. The van der Waals surface area contributed by atoms with E-state index in [0.717, 1.165) is 37.2 Å². The Kier molecular flexibility index (Phi) is 6.29. The van der Waals surface area contributed by atoms with Crippen molar-refractivity contribution in [3.63, 3.8) is 0 Å². The lowest BCUT2D eigenvalue weighted by Crippen LogP contribution is -2.48. The first kappa shape index (κ1) is 18.2. The minimum absolute atomic E-state index is 0.00535. The van der Waals surface area contributed by atoms with Gasteiger partial charge in [0.25, 0.3) is 5.91 Å². The van der Waals surface area contributed by atoms with Crippen LogP contribution in [-0.4, -0.2) is 48.4 Å². The van der Waals surface area contributed by atoms with Gasteiger partial charge in [0.2, 0.25) is 0 Å². The third kappa shape index (κ3) is 4.94. The molecule has 1 saturated heterocycles. The second-order valence-corrected chi connectivity index (χ2v) is 7.35. The minimum Gasteiger partial charge on any atom is -0.336 e. The molecule has 5 heteroatoms. The highest BCUT2D eigenvalue weighted by atomic mass is 79.9. The summed E-state index contributed by atoms with van der Waals surface area (Å²) >= 11 is 9.58. The summed E-state index contributed by atoms with van der Waals surface area (Å²) in [6, 6.07) is 15.7. The molecule has 2 aromatic rings. The van der Waals surface area contributed by atoms with Crippen molar-refractivity contribution in [1.29, 1.82) is 0 Å². The van der Waals surface area contributed by atoms with Gasteiger partial charge in [0.05, 0.1) is 10.6 Å². The summed E-state index contributed by atoms with van der Waals surface area (Å²) in [4.78, 5) is 16.9. The van der Waals surface area contributed by atoms with E-state index in [4.69, 9.17) is 11.6 Å². The van der Waals surface area contributed by atoms with Crippen LogP contribution in [-0.2, 0) is 0 Å². The van der Waals surface area contributed by atoms with Crippen LogP contribution >= 0.6 is 27.5 Å². The van der Waals surface area contributed by atoms with Gasteiger partial charge in [-0.3, -0.25) is 9.69 Å². The second kappa shape index (κ2) is 8.65. The minimum atomic E-state index is 0.00535. The zero-order chi connectivity index (χ0) is 17.6. The highest BCUT2D eigenvalue weighted by Gasteiger charge is 2.23. The first-order chi connectivity index (χ1) is 12.1. The molecule has 0 radical (unpaired) electrons. The van der Waals surface area contributed by atoms with Crippen LogP contribution in [0.25, 0.3) is 6.08 Å². The predicted molar refractivity (Wildman–Crippen MR) is 107 cm³/mol. The van der Waals surface area contributed by atoms with Gasteiger partial charge in [0.15, 0.2) is 0 Å². The molecular weight excluding hydrogens is 400 g/mol. The van der Waals surface area contributed by atoms with Crippen molar-refractivity contribution in [3.8, 4) is 0 Å². The zero-order valence-electron chi connectivity index (χ0n) is 13.9. The van der Waals surface area contributed by atoms with Gasteiger partial charge in [0, 0.05) is 37.2 Å². The van der Waals surface area contributed by atoms with Gasteiger partial charge in [-0.15, -0.1) is 0 Å². The first-order valence-corrected chi connectivity index (χ1v) is 9.49. The maximum absolute atomic E-state index is 12.7. The Labute approximate surface area is 162 Å². The van der Waals surface area contributed by atoms with E-state index in [2.05, 4.69) is 45.1 Å². The van der Waals surface area contributed by atoms with E-state index < -0.39 is 0 Å². The molecule has 0 aliphatic carbocycles. The van der Waals surface area contributed by atoms with Crippen molar-refractivity contribution in [2.75, 3.05) is 32.7 Å². The molecule has 0 aromatic heterocycles. The lowest BCUT2D eigenvalue weighted by atomic mass is 10.1. The maximum Gasteiger partial charge on any atom is 0.255 e. The molecule has 0 unspecified atom stereocenters. The van der Waals surface area contributed by atoms with Crippen molar-refractivity contribution in [3.05, 3.63) is 75.2 Å². The first-order valence-electron chi connectivity index (χ1n) is 8.32. The molecule has 0 N–H and O–H groups in total. The number of halogens is 2. The van der Waals surface area contributed by atoms with Crippen molar-refractivity contribution < 1.29 is 4.79 Å². The predicted octanol–water partition coefficient (Wildman–Crippen LogP) is 4.57. The van der Waals surface area contributed by atoms with Crippen LogP contribution in [0.1, 0.15) is 15.9 Å². The number of rotatable bonds is 4.